The zero-order chi connectivity index (χ0) is 17.7. The summed E-state index contributed by atoms with van der Waals surface area (Å²) in [6, 6.07) is 19.6. The summed E-state index contributed by atoms with van der Waals surface area (Å²) in [6.07, 6.45) is 0. The molecule has 5 nitrogen and oxygen atoms in total. The molecule has 0 amide bonds. The van der Waals surface area contributed by atoms with Gasteiger partial charge in [-0.1, -0.05) is 60.7 Å². The Morgan fingerprint density at radius 2 is 0.920 bits per heavy atom. The van der Waals surface area contributed by atoms with Gasteiger partial charge in [0, 0.05) is 0 Å². The van der Waals surface area contributed by atoms with Gasteiger partial charge in [-0.3, -0.25) is 0 Å². The van der Waals surface area contributed by atoms with Gasteiger partial charge in [-0.25, -0.2) is 0 Å². The van der Waals surface area contributed by atoms with Crippen LogP contribution in [-0.4, -0.2) is 39.6 Å². The van der Waals surface area contributed by atoms with E-state index < -0.39 is 0 Å². The van der Waals surface area contributed by atoms with Gasteiger partial charge in [0.15, 0.2) is 0 Å². The Morgan fingerprint density at radius 1 is 0.560 bits per heavy atom. The molecule has 2 atom stereocenters. The van der Waals surface area contributed by atoms with Crippen molar-refractivity contribution in [1.29, 1.82) is 0 Å². The highest BCUT2D eigenvalue weighted by Crippen LogP contribution is 2.10. The molecule has 0 aliphatic carbocycles. The molecule has 0 heterocycles. The van der Waals surface area contributed by atoms with Crippen molar-refractivity contribution in [2.75, 3.05) is 39.6 Å². The van der Waals surface area contributed by atoms with Crippen LogP contribution in [0.15, 0.2) is 60.7 Å². The molecule has 0 fully saturated rings. The summed E-state index contributed by atoms with van der Waals surface area (Å²) in [4.78, 5) is 0. The quantitative estimate of drug-likeness (QED) is 0.578. The molecule has 0 aromatic heterocycles. The summed E-state index contributed by atoms with van der Waals surface area (Å²) in [5, 5.41) is 0. The van der Waals surface area contributed by atoms with Crippen LogP contribution in [0.4, 0.5) is 0 Å². The Hall–Kier alpha value is -1.76. The van der Waals surface area contributed by atoms with Crippen LogP contribution in [0, 0.1) is 0 Å². The fraction of sp³-hybridized carbons (Fsp3) is 0.400. The lowest BCUT2D eigenvalue weighted by Crippen LogP contribution is -2.20. The number of benzene rings is 2. The molecule has 2 aromatic rings. The minimum Gasteiger partial charge on any atom is -0.377 e. The number of hydrogen-bond acceptors (Lipinski definition) is 5. The minimum absolute atomic E-state index is 0.107. The molecule has 136 valence electrons. The Kier molecular flexibility index (Phi) is 9.18. The molecule has 25 heavy (non-hydrogen) atoms. The molecular formula is C20H28N2O3. The van der Waals surface area contributed by atoms with Crippen LogP contribution in [0.5, 0.6) is 0 Å². The van der Waals surface area contributed by atoms with E-state index in [2.05, 4.69) is 0 Å². The van der Waals surface area contributed by atoms with E-state index in [1.165, 1.54) is 0 Å². The molecule has 0 saturated heterocycles. The number of hydrogen-bond donors (Lipinski definition) is 2. The van der Waals surface area contributed by atoms with Gasteiger partial charge in [-0.15, -0.1) is 0 Å². The second kappa shape index (κ2) is 11.7. The summed E-state index contributed by atoms with van der Waals surface area (Å²) < 4.78 is 16.6. The fourth-order valence-corrected chi connectivity index (χ4v) is 2.35. The molecule has 0 bridgehead atoms. The van der Waals surface area contributed by atoms with E-state index >= 15 is 0 Å². The first-order valence-electron chi connectivity index (χ1n) is 8.61. The summed E-state index contributed by atoms with van der Waals surface area (Å²) in [5.74, 6) is 0. The average molecular weight is 344 g/mol. The van der Waals surface area contributed by atoms with Crippen LogP contribution in [0.3, 0.4) is 0 Å². The van der Waals surface area contributed by atoms with E-state index in [4.69, 9.17) is 25.7 Å². The van der Waals surface area contributed by atoms with Gasteiger partial charge in [-0.2, -0.15) is 0 Å². The van der Waals surface area contributed by atoms with Crippen molar-refractivity contribution >= 4 is 0 Å². The van der Waals surface area contributed by atoms with Crippen molar-refractivity contribution in [3.05, 3.63) is 71.8 Å². The van der Waals surface area contributed by atoms with Crippen LogP contribution in [0.2, 0.25) is 0 Å². The van der Waals surface area contributed by atoms with Crippen molar-refractivity contribution < 1.29 is 14.2 Å². The fourth-order valence-electron chi connectivity index (χ4n) is 2.35. The summed E-state index contributed by atoms with van der Waals surface area (Å²) in [7, 11) is 0. The van der Waals surface area contributed by atoms with E-state index in [1.54, 1.807) is 0 Å². The van der Waals surface area contributed by atoms with Gasteiger partial charge in [0.2, 0.25) is 0 Å². The van der Waals surface area contributed by atoms with E-state index in [9.17, 15) is 0 Å². The summed E-state index contributed by atoms with van der Waals surface area (Å²) in [6.45, 7) is 3.05. The normalized spacial score (nSPS) is 13.5. The maximum absolute atomic E-state index is 6.05. The van der Waals surface area contributed by atoms with Gasteiger partial charge in [0.1, 0.15) is 0 Å². The predicted octanol–water partition coefficient (Wildman–Crippen LogP) is 2.44. The summed E-state index contributed by atoms with van der Waals surface area (Å²) in [5.41, 5.74) is 14.3. The maximum atomic E-state index is 6.05. The van der Waals surface area contributed by atoms with Crippen molar-refractivity contribution in [2.45, 2.75) is 12.1 Å². The van der Waals surface area contributed by atoms with Gasteiger partial charge in [0.25, 0.3) is 0 Å². The number of ether oxygens (including phenoxy) is 3. The monoisotopic (exact) mass is 344 g/mol. The minimum atomic E-state index is -0.107. The largest absolute Gasteiger partial charge is 0.377 e. The Bertz CT molecular complexity index is 514. The van der Waals surface area contributed by atoms with Crippen molar-refractivity contribution in [1.82, 2.24) is 0 Å². The zero-order valence-corrected chi connectivity index (χ0v) is 14.6. The SMILES string of the molecule is N[C@H](COCCOCCOC[C@@H](N)c1ccccc1)c1ccccc1. The topological polar surface area (TPSA) is 79.7 Å². The van der Waals surface area contributed by atoms with E-state index in [0.717, 1.165) is 11.1 Å². The van der Waals surface area contributed by atoms with Crippen LogP contribution in [0.1, 0.15) is 23.2 Å². The highest BCUT2D eigenvalue weighted by Gasteiger charge is 2.06. The highest BCUT2D eigenvalue weighted by atomic mass is 16.5. The molecule has 5 heteroatoms. The van der Waals surface area contributed by atoms with Crippen LogP contribution >= 0.6 is 0 Å². The standard InChI is InChI=1S/C20H28N2O3/c21-19(17-7-3-1-4-8-17)15-24-13-11-23-12-14-25-16-20(22)18-9-5-2-6-10-18/h1-10,19-20H,11-16,21-22H2/t19-,20-/m1/s1. The lowest BCUT2D eigenvalue weighted by molar-refractivity contribution is 0.00967. The smallest absolute Gasteiger partial charge is 0.0701 e. The molecule has 0 unspecified atom stereocenters. The predicted molar refractivity (Wildman–Crippen MR) is 99.2 cm³/mol. The van der Waals surface area contributed by atoms with E-state index in [1.807, 2.05) is 60.7 Å². The molecule has 0 aliphatic heterocycles. The first-order chi connectivity index (χ1) is 12.3. The van der Waals surface area contributed by atoms with Gasteiger partial charge >= 0.3 is 0 Å². The lowest BCUT2D eigenvalue weighted by Gasteiger charge is -2.13. The van der Waals surface area contributed by atoms with Crippen LogP contribution in [-0.2, 0) is 14.2 Å². The molecule has 0 aliphatic rings. The van der Waals surface area contributed by atoms with Crippen LogP contribution in [0.25, 0.3) is 0 Å². The number of rotatable bonds is 12. The van der Waals surface area contributed by atoms with E-state index in [-0.39, 0.29) is 12.1 Å². The molecular weight excluding hydrogens is 316 g/mol. The van der Waals surface area contributed by atoms with E-state index in [0.29, 0.717) is 39.6 Å². The Morgan fingerprint density at radius 3 is 1.32 bits per heavy atom. The van der Waals surface area contributed by atoms with Crippen molar-refractivity contribution in [3.63, 3.8) is 0 Å². The highest BCUT2D eigenvalue weighted by molar-refractivity contribution is 5.19. The molecule has 2 rings (SSSR count). The second-order valence-corrected chi connectivity index (χ2v) is 5.80. The third-order valence-electron chi connectivity index (χ3n) is 3.79. The van der Waals surface area contributed by atoms with Gasteiger partial charge in [0.05, 0.1) is 51.7 Å². The molecule has 4 N–H and O–H groups in total. The lowest BCUT2D eigenvalue weighted by atomic mass is 10.1. The first-order valence-corrected chi connectivity index (χ1v) is 8.61. The average Bonchev–Trinajstić information content (AvgIpc) is 2.67. The summed E-state index contributed by atoms with van der Waals surface area (Å²) >= 11 is 0. The van der Waals surface area contributed by atoms with Crippen molar-refractivity contribution in [3.8, 4) is 0 Å². The Balaban J connectivity index is 1.43. The third kappa shape index (κ3) is 7.77. The van der Waals surface area contributed by atoms with Crippen molar-refractivity contribution in [2.24, 2.45) is 11.5 Å². The van der Waals surface area contributed by atoms with Gasteiger partial charge < -0.3 is 25.7 Å². The number of nitrogens with two attached hydrogens (primary N) is 2. The molecule has 0 saturated carbocycles. The zero-order valence-electron chi connectivity index (χ0n) is 14.6. The second-order valence-electron chi connectivity index (χ2n) is 5.80. The third-order valence-corrected chi connectivity index (χ3v) is 3.79. The molecule has 2 aromatic carbocycles. The maximum Gasteiger partial charge on any atom is 0.0701 e. The Labute approximate surface area is 149 Å². The molecule has 0 spiro atoms. The molecule has 0 radical (unpaired) electrons. The van der Waals surface area contributed by atoms with Gasteiger partial charge in [-0.05, 0) is 11.1 Å². The first kappa shape index (κ1) is 19.6. The van der Waals surface area contributed by atoms with Crippen LogP contribution < -0.4 is 11.5 Å².